The summed E-state index contributed by atoms with van der Waals surface area (Å²) in [6.45, 7) is 7.39. The standard InChI is InChI=1S/C15H25NO5/c1-5-8-12-9-10-16(11(4)17)15(12,13(18)20-6-2)14(19)21-7-3/h12H,5-10H2,1-4H3. The van der Waals surface area contributed by atoms with Crippen molar-refractivity contribution in [1.82, 2.24) is 4.90 Å². The monoisotopic (exact) mass is 299 g/mol. The Morgan fingerprint density at radius 1 is 1.10 bits per heavy atom. The van der Waals surface area contributed by atoms with Gasteiger partial charge >= 0.3 is 11.9 Å². The Hall–Kier alpha value is -1.59. The van der Waals surface area contributed by atoms with Gasteiger partial charge in [-0.25, -0.2) is 9.59 Å². The van der Waals surface area contributed by atoms with Gasteiger partial charge in [0.1, 0.15) is 0 Å². The van der Waals surface area contributed by atoms with Crippen LogP contribution < -0.4 is 0 Å². The van der Waals surface area contributed by atoms with Crippen LogP contribution in [0.4, 0.5) is 0 Å². The topological polar surface area (TPSA) is 72.9 Å². The maximum atomic E-state index is 12.6. The fourth-order valence-electron chi connectivity index (χ4n) is 3.12. The van der Waals surface area contributed by atoms with Gasteiger partial charge in [0, 0.05) is 19.4 Å². The molecule has 6 heteroatoms. The molecule has 1 amide bonds. The smallest absolute Gasteiger partial charge is 0.344 e. The van der Waals surface area contributed by atoms with Crippen LogP contribution in [-0.2, 0) is 23.9 Å². The van der Waals surface area contributed by atoms with Crippen LogP contribution >= 0.6 is 0 Å². The first-order chi connectivity index (χ1) is 9.96. The van der Waals surface area contributed by atoms with Crippen molar-refractivity contribution in [1.29, 1.82) is 0 Å². The summed E-state index contributed by atoms with van der Waals surface area (Å²) >= 11 is 0. The SMILES string of the molecule is CCCC1CCN(C(C)=O)C1(C(=O)OCC)C(=O)OCC. The van der Waals surface area contributed by atoms with Gasteiger partial charge in [0.25, 0.3) is 0 Å². The third-order valence-corrected chi connectivity index (χ3v) is 3.91. The minimum atomic E-state index is -1.62. The zero-order valence-electron chi connectivity index (χ0n) is 13.3. The molecular weight excluding hydrogens is 274 g/mol. The molecule has 0 saturated carbocycles. The van der Waals surface area contributed by atoms with Crippen molar-refractivity contribution in [3.05, 3.63) is 0 Å². The molecule has 1 aliphatic rings. The van der Waals surface area contributed by atoms with Crippen LogP contribution in [0, 0.1) is 5.92 Å². The van der Waals surface area contributed by atoms with Gasteiger partial charge in [0.15, 0.2) is 0 Å². The molecule has 0 radical (unpaired) electrons. The molecule has 1 heterocycles. The van der Waals surface area contributed by atoms with E-state index < -0.39 is 17.5 Å². The molecule has 0 bridgehead atoms. The number of carbonyl (C=O) groups excluding carboxylic acids is 3. The first kappa shape index (κ1) is 17.5. The maximum absolute atomic E-state index is 12.6. The highest BCUT2D eigenvalue weighted by molar-refractivity contribution is 6.08. The number of ether oxygens (including phenoxy) is 2. The number of esters is 2. The van der Waals surface area contributed by atoms with Gasteiger partial charge in [-0.05, 0) is 26.7 Å². The summed E-state index contributed by atoms with van der Waals surface area (Å²) in [5.74, 6) is -1.91. The Bertz CT molecular complexity index is 389. The molecule has 0 aromatic heterocycles. The lowest BCUT2D eigenvalue weighted by Gasteiger charge is -2.37. The fourth-order valence-corrected chi connectivity index (χ4v) is 3.12. The quantitative estimate of drug-likeness (QED) is 0.549. The van der Waals surface area contributed by atoms with Gasteiger partial charge < -0.3 is 14.4 Å². The van der Waals surface area contributed by atoms with Crippen LogP contribution in [0.1, 0.15) is 47.0 Å². The van der Waals surface area contributed by atoms with Gasteiger partial charge in [0.05, 0.1) is 13.2 Å². The van der Waals surface area contributed by atoms with Crippen molar-refractivity contribution in [2.45, 2.75) is 52.5 Å². The number of amides is 1. The normalized spacial score (nSPS) is 20.2. The molecule has 1 unspecified atom stereocenters. The first-order valence-electron chi connectivity index (χ1n) is 7.59. The van der Waals surface area contributed by atoms with Crippen molar-refractivity contribution in [2.75, 3.05) is 19.8 Å². The molecule has 0 N–H and O–H groups in total. The second-order valence-electron chi connectivity index (χ2n) is 5.15. The van der Waals surface area contributed by atoms with Crippen molar-refractivity contribution < 1.29 is 23.9 Å². The molecule has 120 valence electrons. The molecule has 0 aromatic rings. The lowest BCUT2D eigenvalue weighted by Crippen LogP contribution is -2.62. The Morgan fingerprint density at radius 2 is 1.62 bits per heavy atom. The van der Waals surface area contributed by atoms with E-state index in [1.807, 2.05) is 6.92 Å². The number of hydrogen-bond acceptors (Lipinski definition) is 5. The van der Waals surface area contributed by atoms with Gasteiger partial charge in [-0.2, -0.15) is 0 Å². The van der Waals surface area contributed by atoms with E-state index in [0.717, 1.165) is 6.42 Å². The van der Waals surface area contributed by atoms with Gasteiger partial charge in [-0.15, -0.1) is 0 Å². The Balaban J connectivity index is 3.33. The average Bonchev–Trinajstić information content (AvgIpc) is 2.80. The highest BCUT2D eigenvalue weighted by atomic mass is 16.6. The third kappa shape index (κ3) is 3.04. The van der Waals surface area contributed by atoms with E-state index in [9.17, 15) is 14.4 Å². The second kappa shape index (κ2) is 7.43. The largest absolute Gasteiger partial charge is 0.464 e. The molecule has 1 saturated heterocycles. The van der Waals surface area contributed by atoms with E-state index >= 15 is 0 Å². The summed E-state index contributed by atoms with van der Waals surface area (Å²) < 4.78 is 10.2. The van der Waals surface area contributed by atoms with E-state index in [2.05, 4.69) is 0 Å². The van der Waals surface area contributed by atoms with E-state index in [4.69, 9.17) is 9.47 Å². The van der Waals surface area contributed by atoms with Crippen molar-refractivity contribution in [3.8, 4) is 0 Å². The summed E-state index contributed by atoms with van der Waals surface area (Å²) in [5, 5.41) is 0. The number of likely N-dealkylation sites (tertiary alicyclic amines) is 1. The van der Waals surface area contributed by atoms with Crippen molar-refractivity contribution in [2.24, 2.45) is 5.92 Å². The molecule has 1 aliphatic heterocycles. The lowest BCUT2D eigenvalue weighted by atomic mass is 9.81. The fraction of sp³-hybridized carbons (Fsp3) is 0.800. The summed E-state index contributed by atoms with van der Waals surface area (Å²) in [6, 6.07) is 0. The number of rotatable bonds is 6. The first-order valence-corrected chi connectivity index (χ1v) is 7.59. The predicted molar refractivity (Wildman–Crippen MR) is 76.4 cm³/mol. The summed E-state index contributed by atoms with van der Waals surface area (Å²) in [4.78, 5) is 38.4. The Morgan fingerprint density at radius 3 is 2.00 bits per heavy atom. The second-order valence-corrected chi connectivity index (χ2v) is 5.15. The van der Waals surface area contributed by atoms with E-state index in [0.29, 0.717) is 19.4 Å². The summed E-state index contributed by atoms with van der Waals surface area (Å²) in [6.07, 6.45) is 2.09. The molecule has 21 heavy (non-hydrogen) atoms. The minimum absolute atomic E-state index is 0.157. The van der Waals surface area contributed by atoms with Crippen molar-refractivity contribution in [3.63, 3.8) is 0 Å². The maximum Gasteiger partial charge on any atom is 0.344 e. The van der Waals surface area contributed by atoms with E-state index in [1.165, 1.54) is 11.8 Å². The van der Waals surface area contributed by atoms with Crippen molar-refractivity contribution >= 4 is 17.8 Å². The molecule has 0 spiro atoms. The molecule has 1 atom stereocenters. The third-order valence-electron chi connectivity index (χ3n) is 3.91. The van der Waals surface area contributed by atoms with Gasteiger partial charge in [-0.1, -0.05) is 13.3 Å². The van der Waals surface area contributed by atoms with Gasteiger partial charge in [-0.3, -0.25) is 4.79 Å². The number of hydrogen-bond donors (Lipinski definition) is 0. The van der Waals surface area contributed by atoms with E-state index in [1.54, 1.807) is 13.8 Å². The van der Waals surface area contributed by atoms with Crippen LogP contribution in [0.3, 0.4) is 0 Å². The van der Waals surface area contributed by atoms with Crippen LogP contribution in [0.5, 0.6) is 0 Å². The molecule has 0 aromatic carbocycles. The van der Waals surface area contributed by atoms with E-state index in [-0.39, 0.29) is 25.0 Å². The molecule has 1 rings (SSSR count). The van der Waals surface area contributed by atoms with Crippen LogP contribution in [0.2, 0.25) is 0 Å². The van der Waals surface area contributed by atoms with Crippen LogP contribution in [0.25, 0.3) is 0 Å². The zero-order valence-corrected chi connectivity index (χ0v) is 13.3. The predicted octanol–water partition coefficient (Wildman–Crippen LogP) is 1.52. The average molecular weight is 299 g/mol. The highest BCUT2D eigenvalue weighted by Gasteiger charge is 2.63. The Kier molecular flexibility index (Phi) is 6.18. The molecule has 0 aliphatic carbocycles. The molecule has 1 fully saturated rings. The molecule has 6 nitrogen and oxygen atoms in total. The molecular formula is C15H25NO5. The Labute approximate surface area is 125 Å². The van der Waals surface area contributed by atoms with Crippen LogP contribution in [0.15, 0.2) is 0 Å². The van der Waals surface area contributed by atoms with Crippen LogP contribution in [-0.4, -0.2) is 48.0 Å². The number of carbonyl (C=O) groups is 3. The summed E-state index contributed by atoms with van der Waals surface area (Å²) in [7, 11) is 0. The zero-order chi connectivity index (χ0) is 16.0. The minimum Gasteiger partial charge on any atom is -0.464 e. The lowest BCUT2D eigenvalue weighted by molar-refractivity contribution is -0.179. The summed E-state index contributed by atoms with van der Waals surface area (Å²) in [5.41, 5.74) is -1.62. The number of nitrogens with zero attached hydrogens (tertiary/aromatic N) is 1. The van der Waals surface area contributed by atoms with Gasteiger partial charge in [0.2, 0.25) is 11.4 Å². The highest BCUT2D eigenvalue weighted by Crippen LogP contribution is 2.40.